The zero-order valence-corrected chi connectivity index (χ0v) is 19.2. The second-order valence-electron chi connectivity index (χ2n) is 8.06. The van der Waals surface area contributed by atoms with Crippen LogP contribution < -0.4 is 0 Å². The third-order valence-corrected chi connectivity index (χ3v) is 11.1. The van der Waals surface area contributed by atoms with E-state index in [0.29, 0.717) is 0 Å². The Hall–Kier alpha value is 1.06. The molecule has 0 amide bonds. The molecule has 0 rings (SSSR count). The molecule has 0 radical (unpaired) electrons. The van der Waals surface area contributed by atoms with E-state index in [2.05, 4.69) is 48.5 Å². The summed E-state index contributed by atoms with van der Waals surface area (Å²) in [4.78, 5) is 0. The molecule has 0 aliphatic heterocycles. The molecule has 0 atom stereocenters. The maximum absolute atomic E-state index is 2.54. The minimum atomic E-state index is -0.681. The predicted molar refractivity (Wildman–Crippen MR) is 111 cm³/mol. The molecular formula is C20H46Al2. The molecule has 0 aromatic rings. The Balaban J connectivity index is -0.000000333. The molecule has 0 bridgehead atoms. The summed E-state index contributed by atoms with van der Waals surface area (Å²) in [6.45, 7) is 17.1. The average molecular weight is 341 g/mol. The zero-order chi connectivity index (χ0) is 16.3. The largest absolute Gasteiger partial charge is 3.00 e. The van der Waals surface area contributed by atoms with Gasteiger partial charge in [0, 0.05) is 0 Å². The molecule has 0 nitrogen and oxygen atoms in total. The fourth-order valence-corrected chi connectivity index (χ4v) is 9.74. The molecule has 0 aliphatic carbocycles. The fourth-order valence-electron chi connectivity index (χ4n) is 4.25. The fraction of sp³-hybridized carbons (Fsp3) is 1.00. The molecule has 0 aliphatic rings. The molecule has 22 heavy (non-hydrogen) atoms. The molecule has 132 valence electrons. The molecule has 0 N–H and O–H groups in total. The van der Waals surface area contributed by atoms with Gasteiger partial charge in [-0.1, -0.05) is 127 Å². The summed E-state index contributed by atoms with van der Waals surface area (Å²) in [6, 6.07) is 0. The molecule has 0 spiro atoms. The van der Waals surface area contributed by atoms with E-state index in [-0.39, 0.29) is 21.6 Å². The first-order valence-electron chi connectivity index (χ1n) is 9.94. The van der Waals surface area contributed by atoms with Crippen LogP contribution in [0.15, 0.2) is 0 Å². The molecule has 0 heterocycles. The Kier molecular flexibility index (Phi) is 16.6. The van der Waals surface area contributed by atoms with E-state index in [1.807, 2.05) is 0 Å². The van der Waals surface area contributed by atoms with E-state index < -0.39 is 14.1 Å². The van der Waals surface area contributed by atoms with Crippen LogP contribution in [0.2, 0.25) is 14.8 Å². The van der Waals surface area contributed by atoms with E-state index in [9.17, 15) is 0 Å². The second kappa shape index (κ2) is 14.4. The normalized spacial score (nSPS) is 11.9. The summed E-state index contributed by atoms with van der Waals surface area (Å²) in [5.74, 6) is 1.79. The maximum atomic E-state index is 2.54. The monoisotopic (exact) mass is 340 g/mol. The first-order valence-corrected chi connectivity index (χ1v) is 12.2. The van der Waals surface area contributed by atoms with E-state index in [0.717, 1.165) is 16.1 Å². The molecule has 2 heteroatoms. The van der Waals surface area contributed by atoms with Gasteiger partial charge in [-0.2, -0.15) is 0 Å². The van der Waals surface area contributed by atoms with E-state index in [1.54, 1.807) is 10.6 Å². The number of unbranched alkanes of at least 4 members (excludes halogenated alkanes) is 3. The van der Waals surface area contributed by atoms with Gasteiger partial charge in [0.2, 0.25) is 0 Å². The van der Waals surface area contributed by atoms with Crippen LogP contribution in [-0.4, -0.2) is 31.5 Å². The second-order valence-corrected chi connectivity index (χ2v) is 11.7. The quantitative estimate of drug-likeness (QED) is 0.302. The van der Waals surface area contributed by atoms with Gasteiger partial charge >= 0.3 is 17.4 Å². The predicted octanol–water partition coefficient (Wildman–Crippen LogP) is 7.67. The third-order valence-electron chi connectivity index (χ3n) is 5.62. The van der Waals surface area contributed by atoms with Crippen LogP contribution in [0, 0.1) is 11.8 Å². The molecule has 0 saturated heterocycles. The van der Waals surface area contributed by atoms with Gasteiger partial charge in [0.1, 0.15) is 0 Å². The molecule has 0 unspecified atom stereocenters. The molecule has 0 saturated carbocycles. The Labute approximate surface area is 162 Å². The van der Waals surface area contributed by atoms with Crippen LogP contribution in [0.25, 0.3) is 0 Å². The summed E-state index contributed by atoms with van der Waals surface area (Å²) in [6.07, 6.45) is 11.6. The minimum absolute atomic E-state index is 0. The summed E-state index contributed by atoms with van der Waals surface area (Å²) in [5.41, 5.74) is 0. The van der Waals surface area contributed by atoms with Crippen molar-refractivity contribution >= 4 is 31.5 Å². The van der Waals surface area contributed by atoms with Crippen molar-refractivity contribution in [2.24, 2.45) is 11.8 Å². The van der Waals surface area contributed by atoms with Gasteiger partial charge in [-0.3, -0.25) is 0 Å². The topological polar surface area (TPSA) is 0 Å². The van der Waals surface area contributed by atoms with Crippen molar-refractivity contribution in [1.82, 2.24) is 0 Å². The average Bonchev–Trinajstić information content (AvgIpc) is 2.43. The van der Waals surface area contributed by atoms with E-state index >= 15 is 0 Å². The third kappa shape index (κ3) is 8.79. The SMILES string of the molecule is CCC[CH2][Al]([CH2]C(C)C)[C](CCCC)(CCCC)C(C)C.[Al+3].[H-].[H-].[H-]. The Morgan fingerprint density at radius 2 is 1.27 bits per heavy atom. The Morgan fingerprint density at radius 3 is 1.59 bits per heavy atom. The van der Waals surface area contributed by atoms with Crippen molar-refractivity contribution < 1.29 is 4.28 Å². The van der Waals surface area contributed by atoms with Gasteiger partial charge in [0.15, 0.2) is 0 Å². The van der Waals surface area contributed by atoms with Crippen molar-refractivity contribution in [3.05, 3.63) is 0 Å². The van der Waals surface area contributed by atoms with E-state index in [1.165, 1.54) is 51.4 Å². The summed E-state index contributed by atoms with van der Waals surface area (Å²) in [5, 5.41) is 3.17. The molecular weight excluding hydrogens is 294 g/mol. The standard InChI is InChI=1S/C12H25.2C4H9.2Al.3H/c1-5-7-9-12(11(3)4)10-8-6-2;1-4(2)3;1-3-4-2;;;;;/h11H,5-10H2,1-4H3;4H,1H2,2-3H3;1,3-4H2,2H3;;;;;/q;;;;+3;3*-1. The minimum Gasteiger partial charge on any atom is -1.00 e. The van der Waals surface area contributed by atoms with Crippen molar-refractivity contribution in [3.8, 4) is 0 Å². The summed E-state index contributed by atoms with van der Waals surface area (Å²) >= 11 is -0.681. The number of hydrogen-bond acceptors (Lipinski definition) is 0. The van der Waals surface area contributed by atoms with Gasteiger partial charge in [-0.25, -0.2) is 0 Å². The van der Waals surface area contributed by atoms with Gasteiger partial charge in [0.05, 0.1) is 0 Å². The van der Waals surface area contributed by atoms with Crippen LogP contribution in [0.5, 0.6) is 0 Å². The smallest absolute Gasteiger partial charge is 1.00 e. The van der Waals surface area contributed by atoms with Gasteiger partial charge in [0.25, 0.3) is 14.1 Å². The van der Waals surface area contributed by atoms with Crippen molar-refractivity contribution in [2.75, 3.05) is 0 Å². The number of rotatable bonds is 13. The van der Waals surface area contributed by atoms with Crippen LogP contribution in [0.4, 0.5) is 0 Å². The van der Waals surface area contributed by atoms with Crippen molar-refractivity contribution in [2.45, 2.75) is 115 Å². The maximum Gasteiger partial charge on any atom is 3.00 e. The zero-order valence-electron chi connectivity index (χ0n) is 19.9. The Morgan fingerprint density at radius 1 is 0.818 bits per heavy atom. The van der Waals surface area contributed by atoms with Crippen LogP contribution in [0.1, 0.15) is 104 Å². The molecule has 0 aromatic carbocycles. The Bertz CT molecular complexity index is 241. The summed E-state index contributed by atoms with van der Waals surface area (Å²) in [7, 11) is 0. The van der Waals surface area contributed by atoms with Crippen LogP contribution in [0.3, 0.4) is 0 Å². The van der Waals surface area contributed by atoms with Crippen LogP contribution in [-0.2, 0) is 0 Å². The van der Waals surface area contributed by atoms with Crippen LogP contribution >= 0.6 is 0 Å². The van der Waals surface area contributed by atoms with Crippen molar-refractivity contribution in [3.63, 3.8) is 0 Å². The summed E-state index contributed by atoms with van der Waals surface area (Å²) < 4.78 is 0.742. The van der Waals surface area contributed by atoms with E-state index in [4.69, 9.17) is 0 Å². The van der Waals surface area contributed by atoms with Crippen molar-refractivity contribution in [1.29, 1.82) is 0 Å². The molecule has 0 aromatic heterocycles. The van der Waals surface area contributed by atoms with Gasteiger partial charge in [-0.15, -0.1) is 0 Å². The first kappa shape index (κ1) is 25.3. The number of hydrogen-bond donors (Lipinski definition) is 0. The first-order chi connectivity index (χ1) is 9.94. The van der Waals surface area contributed by atoms with Gasteiger partial charge < -0.3 is 4.28 Å². The van der Waals surface area contributed by atoms with Gasteiger partial charge in [-0.05, 0) is 0 Å². The molecule has 0 fully saturated rings.